The Balaban J connectivity index is 0.00000225. The summed E-state index contributed by atoms with van der Waals surface area (Å²) in [5, 5.41) is 2.48. The highest BCUT2D eigenvalue weighted by molar-refractivity contribution is 5.94. The molecule has 16 heavy (non-hydrogen) atoms. The van der Waals surface area contributed by atoms with Gasteiger partial charge in [0, 0.05) is 18.7 Å². The Morgan fingerprint density at radius 1 is 1.50 bits per heavy atom. The van der Waals surface area contributed by atoms with Gasteiger partial charge in [-0.25, -0.2) is 8.78 Å². The average Bonchev–Trinajstić information content (AvgIpc) is 2.17. The van der Waals surface area contributed by atoms with E-state index in [2.05, 4.69) is 5.32 Å². The van der Waals surface area contributed by atoms with Gasteiger partial charge < -0.3 is 11.1 Å². The van der Waals surface area contributed by atoms with Crippen molar-refractivity contribution in [3.63, 3.8) is 0 Å². The Morgan fingerprint density at radius 2 is 2.12 bits per heavy atom. The number of carbonyl (C=O) groups excluding carboxylic acids is 1. The molecule has 3 nitrogen and oxygen atoms in total. The summed E-state index contributed by atoms with van der Waals surface area (Å²) >= 11 is 0. The SMILES string of the molecule is C[C@@H](CN)NC(=O)c1ccc(F)cc1F.Cl. The monoisotopic (exact) mass is 250 g/mol. The summed E-state index contributed by atoms with van der Waals surface area (Å²) in [6.07, 6.45) is 0. The van der Waals surface area contributed by atoms with E-state index in [0.29, 0.717) is 6.07 Å². The molecule has 6 heteroatoms. The quantitative estimate of drug-likeness (QED) is 0.854. The molecule has 0 aliphatic rings. The van der Waals surface area contributed by atoms with Crippen molar-refractivity contribution in [3.05, 3.63) is 35.4 Å². The van der Waals surface area contributed by atoms with E-state index in [1.807, 2.05) is 0 Å². The Bertz CT molecular complexity index is 374. The van der Waals surface area contributed by atoms with Crippen LogP contribution in [0.3, 0.4) is 0 Å². The zero-order valence-corrected chi connectivity index (χ0v) is 9.48. The van der Waals surface area contributed by atoms with Gasteiger partial charge in [-0.1, -0.05) is 0 Å². The highest BCUT2D eigenvalue weighted by Crippen LogP contribution is 2.09. The lowest BCUT2D eigenvalue weighted by Gasteiger charge is -2.11. The minimum absolute atomic E-state index is 0. The fraction of sp³-hybridized carbons (Fsp3) is 0.300. The van der Waals surface area contributed by atoms with Crippen LogP contribution in [-0.4, -0.2) is 18.5 Å². The second-order valence-electron chi connectivity index (χ2n) is 3.23. The van der Waals surface area contributed by atoms with E-state index in [1.165, 1.54) is 0 Å². The van der Waals surface area contributed by atoms with Crippen LogP contribution in [0, 0.1) is 11.6 Å². The van der Waals surface area contributed by atoms with E-state index in [4.69, 9.17) is 5.73 Å². The number of amides is 1. The molecule has 1 atom stereocenters. The van der Waals surface area contributed by atoms with Crippen LogP contribution in [0.5, 0.6) is 0 Å². The van der Waals surface area contributed by atoms with Crippen LogP contribution in [0.2, 0.25) is 0 Å². The van der Waals surface area contributed by atoms with E-state index in [9.17, 15) is 13.6 Å². The second kappa shape index (κ2) is 6.40. The van der Waals surface area contributed by atoms with Crippen LogP contribution < -0.4 is 11.1 Å². The minimum atomic E-state index is -0.878. The summed E-state index contributed by atoms with van der Waals surface area (Å²) < 4.78 is 25.7. The Kier molecular flexibility index (Phi) is 5.92. The third-order valence-electron chi connectivity index (χ3n) is 1.91. The highest BCUT2D eigenvalue weighted by atomic mass is 35.5. The van der Waals surface area contributed by atoms with Crippen LogP contribution in [-0.2, 0) is 0 Å². The molecule has 0 aliphatic heterocycles. The summed E-state index contributed by atoms with van der Waals surface area (Å²) in [6.45, 7) is 1.95. The number of rotatable bonds is 3. The number of hydrogen-bond acceptors (Lipinski definition) is 2. The maximum Gasteiger partial charge on any atom is 0.254 e. The molecule has 0 fully saturated rings. The van der Waals surface area contributed by atoms with Gasteiger partial charge in [0.2, 0.25) is 0 Å². The second-order valence-corrected chi connectivity index (χ2v) is 3.23. The van der Waals surface area contributed by atoms with Crippen LogP contribution in [0.25, 0.3) is 0 Å². The van der Waals surface area contributed by atoms with Crippen molar-refractivity contribution in [3.8, 4) is 0 Å². The van der Waals surface area contributed by atoms with Crippen LogP contribution >= 0.6 is 12.4 Å². The first kappa shape index (κ1) is 14.8. The topological polar surface area (TPSA) is 55.1 Å². The van der Waals surface area contributed by atoms with Gasteiger partial charge in [-0.05, 0) is 19.1 Å². The molecule has 1 rings (SSSR count). The number of carbonyl (C=O) groups is 1. The molecule has 1 amide bonds. The first-order valence-corrected chi connectivity index (χ1v) is 4.50. The third kappa shape index (κ3) is 3.75. The van der Waals surface area contributed by atoms with Gasteiger partial charge >= 0.3 is 0 Å². The Labute approximate surface area is 98.4 Å². The molecule has 90 valence electrons. The van der Waals surface area contributed by atoms with Gasteiger partial charge in [-0.3, -0.25) is 4.79 Å². The van der Waals surface area contributed by atoms with Crippen molar-refractivity contribution in [2.75, 3.05) is 6.54 Å². The lowest BCUT2D eigenvalue weighted by Crippen LogP contribution is -2.38. The summed E-state index contributed by atoms with van der Waals surface area (Å²) in [5.41, 5.74) is 5.11. The number of hydrogen-bond donors (Lipinski definition) is 2. The molecule has 0 saturated heterocycles. The van der Waals surface area contributed by atoms with E-state index >= 15 is 0 Å². The molecule has 0 aromatic heterocycles. The lowest BCUT2D eigenvalue weighted by atomic mass is 10.2. The summed E-state index contributed by atoms with van der Waals surface area (Å²) in [6, 6.07) is 2.55. The molecule has 0 radical (unpaired) electrons. The van der Waals surface area contributed by atoms with Crippen molar-refractivity contribution in [1.29, 1.82) is 0 Å². The molecule has 0 saturated carbocycles. The molecular formula is C10H13ClF2N2O. The Morgan fingerprint density at radius 3 is 2.62 bits per heavy atom. The van der Waals surface area contributed by atoms with Crippen molar-refractivity contribution in [1.82, 2.24) is 5.32 Å². The molecular weight excluding hydrogens is 238 g/mol. The third-order valence-corrected chi connectivity index (χ3v) is 1.91. The molecule has 0 unspecified atom stereocenters. The summed E-state index contributed by atoms with van der Waals surface area (Å²) in [4.78, 5) is 11.4. The molecule has 0 bridgehead atoms. The van der Waals surface area contributed by atoms with Gasteiger partial charge in [0.05, 0.1) is 5.56 Å². The highest BCUT2D eigenvalue weighted by Gasteiger charge is 2.13. The van der Waals surface area contributed by atoms with E-state index < -0.39 is 17.5 Å². The zero-order valence-electron chi connectivity index (χ0n) is 8.67. The van der Waals surface area contributed by atoms with Gasteiger partial charge in [0.25, 0.3) is 5.91 Å². The van der Waals surface area contributed by atoms with Crippen LogP contribution in [0.15, 0.2) is 18.2 Å². The van der Waals surface area contributed by atoms with Crippen molar-refractivity contribution < 1.29 is 13.6 Å². The summed E-state index contributed by atoms with van der Waals surface area (Å²) in [7, 11) is 0. The van der Waals surface area contributed by atoms with Crippen molar-refractivity contribution >= 4 is 18.3 Å². The molecule has 1 aromatic rings. The standard InChI is InChI=1S/C10H12F2N2O.ClH/c1-6(5-13)14-10(15)8-3-2-7(11)4-9(8)12;/h2-4,6H,5,13H2,1H3,(H,14,15);1H/t6-;/m0./s1. The molecule has 3 N–H and O–H groups in total. The smallest absolute Gasteiger partial charge is 0.254 e. The summed E-state index contributed by atoms with van der Waals surface area (Å²) in [5.74, 6) is -2.18. The van der Waals surface area contributed by atoms with Crippen LogP contribution in [0.4, 0.5) is 8.78 Å². The molecule has 0 spiro atoms. The number of nitrogens with two attached hydrogens (primary N) is 1. The fourth-order valence-corrected chi connectivity index (χ4v) is 1.03. The first-order chi connectivity index (χ1) is 7.04. The maximum atomic E-state index is 13.1. The van der Waals surface area contributed by atoms with Crippen LogP contribution in [0.1, 0.15) is 17.3 Å². The first-order valence-electron chi connectivity index (χ1n) is 4.50. The van der Waals surface area contributed by atoms with Gasteiger partial charge in [-0.15, -0.1) is 12.4 Å². The predicted molar refractivity (Wildman–Crippen MR) is 59.6 cm³/mol. The molecule has 0 heterocycles. The number of nitrogens with one attached hydrogen (secondary N) is 1. The van der Waals surface area contributed by atoms with E-state index in [1.54, 1.807) is 6.92 Å². The predicted octanol–water partition coefficient (Wildman–Crippen LogP) is 1.46. The maximum absolute atomic E-state index is 13.1. The molecule has 0 aliphatic carbocycles. The average molecular weight is 251 g/mol. The number of halogens is 3. The number of benzene rings is 1. The normalized spacial score (nSPS) is 11.5. The Hall–Kier alpha value is -1.20. The van der Waals surface area contributed by atoms with Gasteiger partial charge in [0.1, 0.15) is 11.6 Å². The minimum Gasteiger partial charge on any atom is -0.348 e. The largest absolute Gasteiger partial charge is 0.348 e. The van der Waals surface area contributed by atoms with Crippen molar-refractivity contribution in [2.24, 2.45) is 5.73 Å². The fourth-order valence-electron chi connectivity index (χ4n) is 1.03. The lowest BCUT2D eigenvalue weighted by molar-refractivity contribution is 0.0937. The zero-order chi connectivity index (χ0) is 11.4. The van der Waals surface area contributed by atoms with Gasteiger partial charge in [0.15, 0.2) is 0 Å². The van der Waals surface area contributed by atoms with E-state index in [-0.39, 0.29) is 30.6 Å². The molecule has 1 aromatic carbocycles. The van der Waals surface area contributed by atoms with Crippen molar-refractivity contribution in [2.45, 2.75) is 13.0 Å². The van der Waals surface area contributed by atoms with E-state index in [0.717, 1.165) is 12.1 Å². The van der Waals surface area contributed by atoms with Gasteiger partial charge in [-0.2, -0.15) is 0 Å².